The molecule has 9 heteroatoms. The molecule has 0 atom stereocenters. The molecule has 0 amide bonds. The number of nitrogens with zero attached hydrogens (tertiary/aromatic N) is 9. The maximum absolute atomic E-state index is 4.94. The summed E-state index contributed by atoms with van der Waals surface area (Å²) in [4.78, 5) is 31.6. The first kappa shape index (κ1) is 20.8. The highest BCUT2D eigenvalue weighted by atomic mass is 15.3. The van der Waals surface area contributed by atoms with E-state index in [-0.39, 0.29) is 0 Å². The summed E-state index contributed by atoms with van der Waals surface area (Å²) in [5.74, 6) is 1.69. The molecule has 7 rings (SSSR count). The molecule has 7 heterocycles. The second-order valence-corrected chi connectivity index (χ2v) is 7.72. The van der Waals surface area contributed by atoms with Crippen LogP contribution in [-0.4, -0.2) is 44.0 Å². The smallest absolute Gasteiger partial charge is 0.239 e. The van der Waals surface area contributed by atoms with Crippen LogP contribution in [0.1, 0.15) is 19.7 Å². The molecule has 9 nitrogen and oxygen atoms in total. The number of aryl methyl sites for hydroxylation is 1. The predicted octanol–water partition coefficient (Wildman–Crippen LogP) is 4.98. The third kappa shape index (κ3) is 3.12. The van der Waals surface area contributed by atoms with Gasteiger partial charge in [0.1, 0.15) is 5.82 Å². The van der Waals surface area contributed by atoms with Gasteiger partial charge in [-0.1, -0.05) is 13.8 Å². The van der Waals surface area contributed by atoms with Crippen molar-refractivity contribution in [2.45, 2.75) is 20.8 Å². The standard InChI is InChI=1S/C24H15N9.C2H6/c1-14-29-23(32-19-2-6-25-10-15(19)16-11-26-7-3-20(16)32)31-24(30-14)33-21-4-8-27-12-17(21)18-13-28-9-5-22(18)33;1-2/h2-13H,1H3;1-2H3. The van der Waals surface area contributed by atoms with E-state index in [1.807, 2.05) is 79.0 Å². The highest BCUT2D eigenvalue weighted by Crippen LogP contribution is 2.32. The van der Waals surface area contributed by atoms with Crippen LogP contribution in [0.25, 0.3) is 55.5 Å². The third-order valence-corrected chi connectivity index (χ3v) is 5.86. The molecule has 0 aromatic carbocycles. The Morgan fingerprint density at radius 1 is 0.486 bits per heavy atom. The molecule has 0 aliphatic heterocycles. The molecule has 0 bridgehead atoms. The van der Waals surface area contributed by atoms with Crippen molar-refractivity contribution in [3.63, 3.8) is 0 Å². The van der Waals surface area contributed by atoms with Crippen molar-refractivity contribution in [1.82, 2.24) is 44.0 Å². The molecule has 0 N–H and O–H groups in total. The topological polar surface area (TPSA) is 100 Å². The van der Waals surface area contributed by atoms with Crippen LogP contribution in [0.4, 0.5) is 0 Å². The molecule has 7 aromatic heterocycles. The van der Waals surface area contributed by atoms with E-state index in [4.69, 9.17) is 15.0 Å². The molecule has 0 saturated heterocycles. The number of rotatable bonds is 2. The van der Waals surface area contributed by atoms with E-state index < -0.39 is 0 Å². The van der Waals surface area contributed by atoms with Crippen molar-refractivity contribution in [3.05, 3.63) is 79.7 Å². The molecule has 0 unspecified atom stereocenters. The zero-order valence-corrected chi connectivity index (χ0v) is 19.5. The van der Waals surface area contributed by atoms with E-state index in [2.05, 4.69) is 19.9 Å². The van der Waals surface area contributed by atoms with Crippen LogP contribution in [0.5, 0.6) is 0 Å². The van der Waals surface area contributed by atoms with Gasteiger partial charge in [0.15, 0.2) is 0 Å². The molecule has 0 saturated carbocycles. The second kappa shape index (κ2) is 8.21. The molecular weight excluding hydrogens is 438 g/mol. The van der Waals surface area contributed by atoms with E-state index in [1.165, 1.54) is 0 Å². The lowest BCUT2D eigenvalue weighted by atomic mass is 10.2. The van der Waals surface area contributed by atoms with Gasteiger partial charge in [-0.25, -0.2) is 0 Å². The first-order valence-corrected chi connectivity index (χ1v) is 11.4. The van der Waals surface area contributed by atoms with Crippen molar-refractivity contribution in [2.24, 2.45) is 0 Å². The molecule has 0 fully saturated rings. The van der Waals surface area contributed by atoms with Gasteiger partial charge in [-0.2, -0.15) is 15.0 Å². The molecule has 0 aliphatic carbocycles. The lowest BCUT2D eigenvalue weighted by molar-refractivity contribution is 0.854. The van der Waals surface area contributed by atoms with Gasteiger partial charge < -0.3 is 0 Å². The van der Waals surface area contributed by atoms with Crippen molar-refractivity contribution < 1.29 is 0 Å². The van der Waals surface area contributed by atoms with Gasteiger partial charge in [-0.15, -0.1) is 0 Å². The van der Waals surface area contributed by atoms with Crippen LogP contribution in [0.2, 0.25) is 0 Å². The minimum atomic E-state index is 0.535. The minimum absolute atomic E-state index is 0.535. The first-order valence-electron chi connectivity index (χ1n) is 11.4. The summed E-state index contributed by atoms with van der Waals surface area (Å²) >= 11 is 0. The van der Waals surface area contributed by atoms with Gasteiger partial charge in [-0.05, 0) is 31.2 Å². The Hall–Kier alpha value is -4.79. The van der Waals surface area contributed by atoms with Crippen molar-refractivity contribution in [2.75, 3.05) is 0 Å². The fourth-order valence-corrected chi connectivity index (χ4v) is 4.50. The molecule has 170 valence electrons. The molecule has 0 aliphatic rings. The van der Waals surface area contributed by atoms with Crippen molar-refractivity contribution in [1.29, 1.82) is 0 Å². The summed E-state index contributed by atoms with van der Waals surface area (Å²) in [5, 5.41) is 3.98. The van der Waals surface area contributed by atoms with E-state index in [0.717, 1.165) is 43.6 Å². The van der Waals surface area contributed by atoms with E-state index >= 15 is 0 Å². The highest BCUT2D eigenvalue weighted by Gasteiger charge is 2.19. The number of aromatic nitrogens is 9. The monoisotopic (exact) mass is 459 g/mol. The lowest BCUT2D eigenvalue weighted by Crippen LogP contribution is -2.10. The Balaban J connectivity index is 0.00000112. The number of hydrogen-bond donors (Lipinski definition) is 0. The fourth-order valence-electron chi connectivity index (χ4n) is 4.50. The Morgan fingerprint density at radius 2 is 0.800 bits per heavy atom. The van der Waals surface area contributed by atoms with Crippen LogP contribution >= 0.6 is 0 Å². The highest BCUT2D eigenvalue weighted by molar-refractivity contribution is 6.09. The number of hydrogen-bond acceptors (Lipinski definition) is 7. The Labute approximate surface area is 200 Å². The predicted molar refractivity (Wildman–Crippen MR) is 136 cm³/mol. The molecule has 7 aromatic rings. The van der Waals surface area contributed by atoms with Gasteiger partial charge in [-0.3, -0.25) is 29.1 Å². The SMILES string of the molecule is CC.Cc1nc(-n2c3ccncc3c3cnccc32)nc(-n2c3ccncc3c3cnccc32)n1. The number of pyridine rings is 4. The van der Waals surface area contributed by atoms with Crippen molar-refractivity contribution in [3.8, 4) is 11.9 Å². The molecule has 0 spiro atoms. The van der Waals surface area contributed by atoms with Gasteiger partial charge in [0, 0.05) is 71.1 Å². The summed E-state index contributed by atoms with van der Waals surface area (Å²) in [6, 6.07) is 7.86. The molecule has 0 radical (unpaired) electrons. The zero-order valence-electron chi connectivity index (χ0n) is 19.5. The summed E-state index contributed by atoms with van der Waals surface area (Å²) in [6.45, 7) is 5.88. The van der Waals surface area contributed by atoms with Crippen LogP contribution < -0.4 is 0 Å². The van der Waals surface area contributed by atoms with E-state index in [0.29, 0.717) is 17.7 Å². The van der Waals surface area contributed by atoms with Crippen LogP contribution in [0.15, 0.2) is 73.8 Å². The fraction of sp³-hybridized carbons (Fsp3) is 0.115. The van der Waals surface area contributed by atoms with Gasteiger partial charge >= 0.3 is 0 Å². The minimum Gasteiger partial charge on any atom is -0.278 e. The summed E-state index contributed by atoms with van der Waals surface area (Å²) < 4.78 is 4.06. The first-order chi connectivity index (χ1) is 17.3. The maximum atomic E-state index is 4.94. The van der Waals surface area contributed by atoms with Crippen LogP contribution in [-0.2, 0) is 0 Å². The normalized spacial score (nSPS) is 11.3. The van der Waals surface area contributed by atoms with Gasteiger partial charge in [0.2, 0.25) is 11.9 Å². The summed E-state index contributed by atoms with van der Waals surface area (Å²) in [7, 11) is 0. The average Bonchev–Trinajstić information content (AvgIpc) is 3.43. The quantitative estimate of drug-likeness (QED) is 0.359. The summed E-state index contributed by atoms with van der Waals surface area (Å²) in [5.41, 5.74) is 3.83. The summed E-state index contributed by atoms with van der Waals surface area (Å²) in [6.07, 6.45) is 14.5. The van der Waals surface area contributed by atoms with Crippen LogP contribution in [0.3, 0.4) is 0 Å². The van der Waals surface area contributed by atoms with E-state index in [1.54, 1.807) is 24.8 Å². The molecule has 35 heavy (non-hydrogen) atoms. The zero-order chi connectivity index (χ0) is 23.9. The van der Waals surface area contributed by atoms with Gasteiger partial charge in [0.25, 0.3) is 0 Å². The van der Waals surface area contributed by atoms with Crippen LogP contribution in [0, 0.1) is 6.92 Å². The third-order valence-electron chi connectivity index (χ3n) is 5.86. The van der Waals surface area contributed by atoms with Gasteiger partial charge in [0.05, 0.1) is 22.1 Å². The number of fused-ring (bicyclic) bond motifs is 6. The van der Waals surface area contributed by atoms with Crippen molar-refractivity contribution >= 4 is 43.6 Å². The lowest BCUT2D eigenvalue weighted by Gasteiger charge is -2.10. The van der Waals surface area contributed by atoms with E-state index in [9.17, 15) is 0 Å². The Kier molecular flexibility index (Phi) is 4.88. The second-order valence-electron chi connectivity index (χ2n) is 7.72. The largest absolute Gasteiger partial charge is 0.278 e. The Bertz CT molecular complexity index is 1610. The molecular formula is C26H21N9. The average molecular weight is 460 g/mol. The Morgan fingerprint density at radius 3 is 1.11 bits per heavy atom. The maximum Gasteiger partial charge on any atom is 0.239 e.